The van der Waals surface area contributed by atoms with E-state index < -0.39 is 83.7 Å². The predicted molar refractivity (Wildman–Crippen MR) is 207 cm³/mol. The summed E-state index contributed by atoms with van der Waals surface area (Å²) < 4.78 is 35.5. The molecular formula is C43H61NO12. The number of aliphatic hydroxyl groups excluding tert-OH is 1. The summed E-state index contributed by atoms with van der Waals surface area (Å²) >= 11 is 0. The van der Waals surface area contributed by atoms with Gasteiger partial charge in [-0.05, 0) is 63.8 Å². The first-order chi connectivity index (χ1) is 26.5. The fourth-order valence-electron chi connectivity index (χ4n) is 7.05. The van der Waals surface area contributed by atoms with Crippen LogP contribution in [0, 0.1) is 5.41 Å². The molecule has 4 rings (SSSR count). The minimum Gasteiger partial charge on any atom is -0.462 e. The average molecular weight is 784 g/mol. The fraction of sp³-hybridized carbons (Fsp3) is 0.651. The normalized spacial score (nSPS) is 23.1. The third-order valence-corrected chi connectivity index (χ3v) is 10.0. The summed E-state index contributed by atoms with van der Waals surface area (Å²) in [6.07, 6.45) is 8.11. The highest BCUT2D eigenvalue weighted by Gasteiger charge is 2.52. The van der Waals surface area contributed by atoms with Crippen molar-refractivity contribution >= 4 is 35.9 Å². The number of esters is 4. The molecule has 0 saturated carbocycles. The van der Waals surface area contributed by atoms with Crippen LogP contribution < -0.4 is 5.32 Å². The maximum absolute atomic E-state index is 14.0. The summed E-state index contributed by atoms with van der Waals surface area (Å²) in [5, 5.41) is 12.9. The summed E-state index contributed by atoms with van der Waals surface area (Å²) in [6.45, 7) is 12.8. The van der Waals surface area contributed by atoms with Gasteiger partial charge in [-0.3, -0.25) is 9.59 Å². The molecule has 2 N–H and O–H groups in total. The Bertz CT molecular complexity index is 1600. The van der Waals surface area contributed by atoms with Crippen molar-refractivity contribution in [1.82, 2.24) is 5.32 Å². The highest BCUT2D eigenvalue weighted by Crippen LogP contribution is 2.43. The molecule has 1 aromatic carbocycles. The number of hydrogen-bond donors (Lipinski definition) is 2. The first-order valence-electron chi connectivity index (χ1n) is 20.0. The van der Waals surface area contributed by atoms with E-state index in [9.17, 15) is 29.1 Å². The molecule has 1 amide bonds. The molecule has 5 unspecified atom stereocenters. The van der Waals surface area contributed by atoms with Crippen LogP contribution in [0.3, 0.4) is 0 Å². The minimum atomic E-state index is -1.05. The van der Waals surface area contributed by atoms with Crippen molar-refractivity contribution in [3.63, 3.8) is 0 Å². The van der Waals surface area contributed by atoms with Crippen LogP contribution in [0.1, 0.15) is 135 Å². The van der Waals surface area contributed by atoms with Crippen LogP contribution in [-0.4, -0.2) is 90.0 Å². The second-order valence-electron chi connectivity index (χ2n) is 16.6. The molecule has 1 aromatic rings. The third-order valence-electron chi connectivity index (χ3n) is 10.0. The molecule has 3 aliphatic rings. The Morgan fingerprint density at radius 2 is 1.68 bits per heavy atom. The number of carbonyl (C=O) groups is 5. The number of fused-ring (bicyclic) bond motifs is 1. The maximum atomic E-state index is 14.0. The lowest BCUT2D eigenvalue weighted by Crippen LogP contribution is -2.45. The number of nitrogens with one attached hydrogen (secondary N) is 1. The van der Waals surface area contributed by atoms with E-state index in [1.165, 1.54) is 6.08 Å². The molecule has 0 aromatic heterocycles. The third kappa shape index (κ3) is 12.5. The Hall–Kier alpha value is -4.07. The van der Waals surface area contributed by atoms with Crippen LogP contribution in [0.4, 0.5) is 0 Å². The largest absolute Gasteiger partial charge is 0.462 e. The molecule has 5 atom stereocenters. The van der Waals surface area contributed by atoms with Gasteiger partial charge in [0, 0.05) is 42.7 Å². The summed E-state index contributed by atoms with van der Waals surface area (Å²) in [5.74, 6) is -3.93. The predicted octanol–water partition coefficient (Wildman–Crippen LogP) is 6.29. The van der Waals surface area contributed by atoms with Crippen molar-refractivity contribution in [2.45, 2.75) is 161 Å². The van der Waals surface area contributed by atoms with E-state index in [2.05, 4.69) is 19.2 Å². The Morgan fingerprint density at radius 3 is 2.29 bits per heavy atom. The Balaban J connectivity index is 1.56. The van der Waals surface area contributed by atoms with E-state index in [-0.39, 0.29) is 31.4 Å². The van der Waals surface area contributed by atoms with Crippen LogP contribution in [0.15, 0.2) is 42.0 Å². The number of rotatable bonds is 19. The topological polar surface area (TPSA) is 173 Å². The van der Waals surface area contributed by atoms with Gasteiger partial charge in [0.2, 0.25) is 12.0 Å². The fourth-order valence-corrected chi connectivity index (χ4v) is 7.05. The van der Waals surface area contributed by atoms with E-state index >= 15 is 0 Å². The van der Waals surface area contributed by atoms with Gasteiger partial charge < -0.3 is 38.8 Å². The highest BCUT2D eigenvalue weighted by molar-refractivity contribution is 5.97. The standard InChI is InChI=1S/C43H61NO12/c1-8-10-14-22-43(23-15-11-9-2)54-33-25-29(38(48)44-30(26-45)19-21-35(47)55-41(3,4)5)24-32(36(33)56-43)52-39(49)31-17-13-12-16-28(31)18-20-34(46)53-37-40(50)51-27-42(37,6)7/h12-13,16-18,20,25,30,32-33,36-37,45H,8-11,14-15,19,21-24,26-27H2,1-7H3,(H,44,48). The zero-order valence-electron chi connectivity index (χ0n) is 34.1. The van der Waals surface area contributed by atoms with Gasteiger partial charge in [0.25, 0.3) is 0 Å². The monoisotopic (exact) mass is 783 g/mol. The number of ether oxygens (including phenoxy) is 6. The van der Waals surface area contributed by atoms with E-state index in [4.69, 9.17) is 28.4 Å². The van der Waals surface area contributed by atoms with Crippen LogP contribution in [0.5, 0.6) is 0 Å². The Morgan fingerprint density at radius 1 is 1.00 bits per heavy atom. The van der Waals surface area contributed by atoms with Crippen LogP contribution in [0.2, 0.25) is 0 Å². The molecule has 13 heteroatoms. The summed E-state index contributed by atoms with van der Waals surface area (Å²) in [7, 11) is 0. The summed E-state index contributed by atoms with van der Waals surface area (Å²) in [4.78, 5) is 65.0. The second kappa shape index (κ2) is 19.9. The number of unbranched alkanes of at least 4 members (excludes halogenated alkanes) is 4. The van der Waals surface area contributed by atoms with Crippen molar-refractivity contribution in [1.29, 1.82) is 0 Å². The molecular weight excluding hydrogens is 722 g/mol. The van der Waals surface area contributed by atoms with Crippen molar-refractivity contribution in [2.75, 3.05) is 13.2 Å². The molecule has 2 aliphatic heterocycles. The van der Waals surface area contributed by atoms with E-state index in [1.807, 2.05) is 0 Å². The van der Waals surface area contributed by atoms with Gasteiger partial charge in [-0.25, -0.2) is 14.4 Å². The molecule has 0 bridgehead atoms. The van der Waals surface area contributed by atoms with Crippen LogP contribution in [0.25, 0.3) is 6.08 Å². The number of amides is 1. The molecule has 2 saturated heterocycles. The summed E-state index contributed by atoms with van der Waals surface area (Å²) in [5.41, 5.74) is -0.516. The quantitative estimate of drug-likeness (QED) is 0.0696. The SMILES string of the molecule is CCCCCC1(CCCCC)OC2C=C(C(=O)NC(CO)CCC(=O)OC(C)(C)C)CC(OC(=O)c3ccccc3C=CC(=O)OC3C(=O)OCC3(C)C)C2O1. The smallest absolute Gasteiger partial charge is 0.348 e. The lowest BCUT2D eigenvalue weighted by molar-refractivity contribution is -0.190. The van der Waals surface area contributed by atoms with Crippen LogP contribution in [-0.2, 0) is 47.6 Å². The number of hydrogen-bond acceptors (Lipinski definition) is 12. The van der Waals surface area contributed by atoms with Gasteiger partial charge in [-0.2, -0.15) is 0 Å². The van der Waals surface area contributed by atoms with Crippen molar-refractivity contribution in [2.24, 2.45) is 5.41 Å². The van der Waals surface area contributed by atoms with Crippen molar-refractivity contribution in [3.05, 3.63) is 53.1 Å². The second-order valence-corrected chi connectivity index (χ2v) is 16.6. The number of aliphatic hydroxyl groups is 1. The van der Waals surface area contributed by atoms with Gasteiger partial charge >= 0.3 is 23.9 Å². The zero-order valence-corrected chi connectivity index (χ0v) is 34.1. The number of cyclic esters (lactones) is 1. The van der Waals surface area contributed by atoms with Crippen LogP contribution >= 0.6 is 0 Å². The molecule has 0 radical (unpaired) electrons. The van der Waals surface area contributed by atoms with Gasteiger partial charge in [-0.15, -0.1) is 0 Å². The molecule has 13 nitrogen and oxygen atoms in total. The maximum Gasteiger partial charge on any atom is 0.348 e. The lowest BCUT2D eigenvalue weighted by Gasteiger charge is -2.31. The molecule has 2 heterocycles. The first kappa shape index (κ1) is 44.6. The van der Waals surface area contributed by atoms with E-state index in [1.54, 1.807) is 65.0 Å². The molecule has 1 aliphatic carbocycles. The van der Waals surface area contributed by atoms with Crippen molar-refractivity contribution in [3.8, 4) is 0 Å². The first-order valence-corrected chi connectivity index (χ1v) is 20.0. The highest BCUT2D eigenvalue weighted by atomic mass is 16.8. The van der Waals surface area contributed by atoms with Crippen molar-refractivity contribution < 1.29 is 57.5 Å². The molecule has 2 fully saturated rings. The molecule has 310 valence electrons. The molecule has 0 spiro atoms. The zero-order chi connectivity index (χ0) is 41.1. The number of benzene rings is 1. The van der Waals surface area contributed by atoms with Gasteiger partial charge in [0.1, 0.15) is 30.5 Å². The van der Waals surface area contributed by atoms with E-state index in [0.717, 1.165) is 44.6 Å². The number of carbonyl (C=O) groups excluding carboxylic acids is 5. The van der Waals surface area contributed by atoms with Gasteiger partial charge in [0.15, 0.2) is 5.79 Å². The van der Waals surface area contributed by atoms with Gasteiger partial charge in [0.05, 0.1) is 18.2 Å². The Labute approximate surface area is 330 Å². The summed E-state index contributed by atoms with van der Waals surface area (Å²) in [6, 6.07) is 5.85. The lowest BCUT2D eigenvalue weighted by atomic mass is 9.90. The average Bonchev–Trinajstić information content (AvgIpc) is 3.63. The van der Waals surface area contributed by atoms with E-state index in [0.29, 0.717) is 24.0 Å². The Kier molecular flexibility index (Phi) is 15.8. The van der Waals surface area contributed by atoms with Gasteiger partial charge in [-0.1, -0.05) is 71.6 Å². The molecule has 56 heavy (non-hydrogen) atoms. The minimum absolute atomic E-state index is 0.00155.